The molecule has 0 saturated heterocycles. The van der Waals surface area contributed by atoms with Crippen LogP contribution in [-0.2, 0) is 6.42 Å². The second kappa shape index (κ2) is 7.89. The number of nitriles is 1. The molecule has 3 heterocycles. The molecule has 1 aromatic carbocycles. The summed E-state index contributed by atoms with van der Waals surface area (Å²) in [6.45, 7) is 2.70. The first-order valence-electron chi connectivity index (χ1n) is 9.33. The van der Waals surface area contributed by atoms with Crippen molar-refractivity contribution in [1.29, 1.82) is 5.26 Å². The van der Waals surface area contributed by atoms with Crippen LogP contribution in [0, 0.1) is 18.3 Å². The summed E-state index contributed by atoms with van der Waals surface area (Å²) >= 11 is 1.64. The van der Waals surface area contributed by atoms with Gasteiger partial charge in [-0.3, -0.25) is 5.10 Å². The maximum absolute atomic E-state index is 9.22. The monoisotopic (exact) mass is 403 g/mol. The number of aryl methyl sites for hydroxylation is 2. The van der Waals surface area contributed by atoms with Gasteiger partial charge in [-0.05, 0) is 25.3 Å². The zero-order chi connectivity index (χ0) is 20.4. The smallest absolute Gasteiger partial charge is 0.163 e. The molecule has 7 nitrogen and oxygen atoms in total. The lowest BCUT2D eigenvalue weighted by Gasteiger charge is -2.20. The van der Waals surface area contributed by atoms with E-state index in [0.29, 0.717) is 12.0 Å². The van der Waals surface area contributed by atoms with Gasteiger partial charge in [0.05, 0.1) is 11.1 Å². The largest absolute Gasteiger partial charge is 0.381 e. The van der Waals surface area contributed by atoms with Crippen LogP contribution in [0.4, 0.5) is 11.6 Å². The average molecular weight is 404 g/mol. The number of aromatic nitrogens is 4. The standard InChI is InChI=1S/C21H21N7S/c1-13-24-20(28(2)10-6-9-17-15(11-22)19(23)27-26-17)18-16(12-29-21(18)25-13)14-7-4-3-5-8-14/h3-5,7-8,12H,6,9-10H2,1-2H3,(H3,23,26,27). The summed E-state index contributed by atoms with van der Waals surface area (Å²) in [5, 5.41) is 19.2. The maximum atomic E-state index is 9.22. The molecular formula is C21H21N7S. The Morgan fingerprint density at radius 2 is 2.03 bits per heavy atom. The Balaban J connectivity index is 1.61. The van der Waals surface area contributed by atoms with Gasteiger partial charge in [0.2, 0.25) is 0 Å². The highest BCUT2D eigenvalue weighted by Gasteiger charge is 2.17. The highest BCUT2D eigenvalue weighted by atomic mass is 32.1. The number of nitrogens with zero attached hydrogens (tertiary/aromatic N) is 5. The summed E-state index contributed by atoms with van der Waals surface area (Å²) in [7, 11) is 2.04. The summed E-state index contributed by atoms with van der Waals surface area (Å²) in [5.41, 5.74) is 9.26. The lowest BCUT2D eigenvalue weighted by Crippen LogP contribution is -2.21. The van der Waals surface area contributed by atoms with Crippen molar-refractivity contribution in [2.24, 2.45) is 0 Å². The van der Waals surface area contributed by atoms with Crippen LogP contribution < -0.4 is 10.6 Å². The third-order valence-electron chi connectivity index (χ3n) is 4.87. The van der Waals surface area contributed by atoms with Gasteiger partial charge < -0.3 is 10.6 Å². The Kier molecular flexibility index (Phi) is 5.14. The molecule has 0 aliphatic heterocycles. The molecule has 0 aliphatic rings. The third kappa shape index (κ3) is 3.65. The second-order valence-electron chi connectivity index (χ2n) is 6.89. The van der Waals surface area contributed by atoms with Crippen molar-refractivity contribution in [2.75, 3.05) is 24.2 Å². The molecule has 0 unspecified atom stereocenters. The molecule has 0 radical (unpaired) electrons. The Bertz CT molecular complexity index is 1190. The first-order valence-corrected chi connectivity index (χ1v) is 10.2. The van der Waals surface area contributed by atoms with Gasteiger partial charge in [0.15, 0.2) is 5.82 Å². The van der Waals surface area contributed by atoms with Gasteiger partial charge in [0.1, 0.15) is 28.1 Å². The van der Waals surface area contributed by atoms with E-state index in [1.54, 1.807) is 11.3 Å². The van der Waals surface area contributed by atoms with Crippen LogP contribution >= 0.6 is 11.3 Å². The van der Waals surface area contributed by atoms with Gasteiger partial charge in [-0.25, -0.2) is 9.97 Å². The van der Waals surface area contributed by atoms with E-state index in [9.17, 15) is 5.26 Å². The number of aromatic amines is 1. The van der Waals surface area contributed by atoms with Crippen LogP contribution in [0.15, 0.2) is 35.7 Å². The summed E-state index contributed by atoms with van der Waals surface area (Å²) in [6, 6.07) is 12.4. The van der Waals surface area contributed by atoms with Crippen LogP contribution in [0.3, 0.4) is 0 Å². The average Bonchev–Trinajstić information content (AvgIpc) is 3.31. The molecule has 0 spiro atoms. The van der Waals surface area contributed by atoms with E-state index < -0.39 is 0 Å². The molecule has 3 aromatic heterocycles. The first kappa shape index (κ1) is 18.9. The highest BCUT2D eigenvalue weighted by Crippen LogP contribution is 2.38. The van der Waals surface area contributed by atoms with Crippen LogP contribution in [0.1, 0.15) is 23.5 Å². The second-order valence-corrected chi connectivity index (χ2v) is 7.75. The van der Waals surface area contributed by atoms with Crippen molar-refractivity contribution < 1.29 is 0 Å². The lowest BCUT2D eigenvalue weighted by molar-refractivity contribution is 0.759. The van der Waals surface area contributed by atoms with Crippen molar-refractivity contribution in [1.82, 2.24) is 20.2 Å². The number of hydrogen-bond acceptors (Lipinski definition) is 7. The molecular weight excluding hydrogens is 382 g/mol. The molecule has 0 fully saturated rings. The van der Waals surface area contributed by atoms with Gasteiger partial charge in [-0.1, -0.05) is 30.3 Å². The van der Waals surface area contributed by atoms with Crippen LogP contribution in [0.2, 0.25) is 0 Å². The zero-order valence-corrected chi connectivity index (χ0v) is 17.1. The third-order valence-corrected chi connectivity index (χ3v) is 5.75. The van der Waals surface area contributed by atoms with Crippen molar-refractivity contribution in [3.8, 4) is 17.2 Å². The minimum atomic E-state index is 0.259. The predicted molar refractivity (Wildman–Crippen MR) is 117 cm³/mol. The minimum Gasteiger partial charge on any atom is -0.381 e. The Hall–Kier alpha value is -3.44. The normalized spacial score (nSPS) is 10.9. The Morgan fingerprint density at radius 1 is 1.24 bits per heavy atom. The summed E-state index contributed by atoms with van der Waals surface area (Å²) in [4.78, 5) is 12.5. The van der Waals surface area contributed by atoms with Crippen molar-refractivity contribution in [3.63, 3.8) is 0 Å². The van der Waals surface area contributed by atoms with Gasteiger partial charge in [0, 0.05) is 24.5 Å². The Labute approximate surface area is 172 Å². The zero-order valence-electron chi connectivity index (χ0n) is 16.3. The van der Waals surface area contributed by atoms with E-state index in [4.69, 9.17) is 10.7 Å². The summed E-state index contributed by atoms with van der Waals surface area (Å²) in [6.07, 6.45) is 1.53. The fourth-order valence-electron chi connectivity index (χ4n) is 3.43. The van der Waals surface area contributed by atoms with Gasteiger partial charge >= 0.3 is 0 Å². The topological polar surface area (TPSA) is 108 Å². The SMILES string of the molecule is Cc1nc(N(C)CCCc2[nH]nc(N)c2C#N)c2c(-c3ccccc3)csc2n1. The van der Waals surface area contributed by atoms with E-state index in [1.165, 1.54) is 0 Å². The van der Waals surface area contributed by atoms with E-state index in [1.807, 2.05) is 32.2 Å². The maximum Gasteiger partial charge on any atom is 0.163 e. The number of rotatable bonds is 6. The first-order chi connectivity index (χ1) is 14.1. The molecule has 3 N–H and O–H groups in total. The number of thiophene rings is 1. The van der Waals surface area contributed by atoms with Crippen LogP contribution in [0.25, 0.3) is 21.3 Å². The molecule has 0 aliphatic carbocycles. The van der Waals surface area contributed by atoms with Gasteiger partial charge in [0.25, 0.3) is 0 Å². The number of nitrogens with one attached hydrogen (secondary N) is 1. The Morgan fingerprint density at radius 3 is 2.79 bits per heavy atom. The number of H-pyrrole nitrogens is 1. The number of anilines is 2. The number of hydrogen-bond donors (Lipinski definition) is 2. The van der Waals surface area contributed by atoms with E-state index in [-0.39, 0.29) is 5.82 Å². The van der Waals surface area contributed by atoms with Gasteiger partial charge in [-0.15, -0.1) is 11.3 Å². The molecule has 146 valence electrons. The predicted octanol–water partition coefficient (Wildman–Crippen LogP) is 3.91. The van der Waals surface area contributed by atoms with E-state index in [2.05, 4.69) is 43.7 Å². The number of fused-ring (bicyclic) bond motifs is 1. The van der Waals surface area contributed by atoms with E-state index in [0.717, 1.165) is 51.6 Å². The molecule has 29 heavy (non-hydrogen) atoms. The quantitative estimate of drug-likeness (QED) is 0.505. The molecule has 4 aromatic rings. The number of nitrogens with two attached hydrogens (primary N) is 1. The minimum absolute atomic E-state index is 0.259. The molecule has 0 amide bonds. The van der Waals surface area contributed by atoms with Crippen molar-refractivity contribution in [2.45, 2.75) is 19.8 Å². The number of nitrogen functional groups attached to an aromatic ring is 1. The summed E-state index contributed by atoms with van der Waals surface area (Å²) < 4.78 is 0. The fourth-order valence-corrected chi connectivity index (χ4v) is 4.42. The summed E-state index contributed by atoms with van der Waals surface area (Å²) in [5.74, 6) is 1.95. The fraction of sp³-hybridized carbons (Fsp3) is 0.238. The van der Waals surface area contributed by atoms with Crippen LogP contribution in [0.5, 0.6) is 0 Å². The molecule has 0 saturated carbocycles. The molecule has 4 rings (SSSR count). The van der Waals surface area contributed by atoms with E-state index >= 15 is 0 Å². The molecule has 0 atom stereocenters. The van der Waals surface area contributed by atoms with Gasteiger partial charge in [-0.2, -0.15) is 10.4 Å². The molecule has 0 bridgehead atoms. The number of benzene rings is 1. The van der Waals surface area contributed by atoms with Crippen LogP contribution in [-0.4, -0.2) is 33.8 Å². The highest BCUT2D eigenvalue weighted by molar-refractivity contribution is 7.17. The van der Waals surface area contributed by atoms with Crippen molar-refractivity contribution >= 4 is 33.2 Å². The molecule has 8 heteroatoms. The lowest BCUT2D eigenvalue weighted by atomic mass is 10.1. The van der Waals surface area contributed by atoms with Crippen molar-refractivity contribution in [3.05, 3.63) is 52.8 Å².